The van der Waals surface area contributed by atoms with Crippen LogP contribution in [0.15, 0.2) is 33.7 Å². The molecule has 2 aromatic rings. The lowest BCUT2D eigenvalue weighted by atomic mass is 9.81. The van der Waals surface area contributed by atoms with Gasteiger partial charge in [-0.25, -0.2) is 4.79 Å². The summed E-state index contributed by atoms with van der Waals surface area (Å²) in [5, 5.41) is 4.11. The molecule has 1 aromatic carbocycles. The highest BCUT2D eigenvalue weighted by Gasteiger charge is 2.51. The Balaban J connectivity index is 1.38. The molecular weight excluding hydrogens is 388 g/mol. The van der Waals surface area contributed by atoms with E-state index in [9.17, 15) is 9.59 Å². The predicted molar refractivity (Wildman–Crippen MR) is 108 cm³/mol. The van der Waals surface area contributed by atoms with Gasteiger partial charge in [-0.1, -0.05) is 18.0 Å². The van der Waals surface area contributed by atoms with E-state index in [1.807, 2.05) is 30.5 Å². The Labute approximate surface area is 173 Å². The zero-order chi connectivity index (χ0) is 20.0. The predicted octanol–water partition coefficient (Wildman–Crippen LogP) is 3.94. The average molecular weight is 413 g/mol. The number of carbonyl (C=O) groups excluding carboxylic acids is 2. The Hall–Kier alpha value is -2.35. The minimum atomic E-state index is -0.190. The maximum absolute atomic E-state index is 13.2. The van der Waals surface area contributed by atoms with Crippen LogP contribution >= 0.6 is 11.8 Å². The van der Waals surface area contributed by atoms with Crippen LogP contribution in [0.1, 0.15) is 44.4 Å². The van der Waals surface area contributed by atoms with Crippen molar-refractivity contribution in [1.82, 2.24) is 19.9 Å². The van der Waals surface area contributed by atoms with Crippen molar-refractivity contribution in [2.75, 3.05) is 6.26 Å². The van der Waals surface area contributed by atoms with E-state index in [1.165, 1.54) is 9.80 Å². The molecule has 3 aliphatic rings. The van der Waals surface area contributed by atoms with E-state index in [2.05, 4.69) is 10.1 Å². The van der Waals surface area contributed by atoms with Crippen LogP contribution in [0.4, 0.5) is 4.79 Å². The van der Waals surface area contributed by atoms with Gasteiger partial charge in [0.1, 0.15) is 6.54 Å². The summed E-state index contributed by atoms with van der Waals surface area (Å²) in [4.78, 5) is 35.1. The highest BCUT2D eigenvalue weighted by Crippen LogP contribution is 2.39. The molecule has 0 bridgehead atoms. The van der Waals surface area contributed by atoms with Gasteiger partial charge in [0.05, 0.1) is 5.92 Å². The second-order valence-corrected chi connectivity index (χ2v) is 8.93. The van der Waals surface area contributed by atoms with Crippen molar-refractivity contribution in [2.45, 2.75) is 62.0 Å². The Morgan fingerprint density at radius 3 is 2.59 bits per heavy atom. The standard InChI is InChI=1S/C21H24N4O3S/c1-29-15-10-6-13(7-11-15)19-22-18(28-23-19)12-24-17-5-3-2-4-16(17)20(26)25(21(24)27)14-8-9-14/h6-7,10-11,14,16-17H,2-5,8-9,12H2,1H3. The number of carbonyl (C=O) groups is 2. The monoisotopic (exact) mass is 412 g/mol. The lowest BCUT2D eigenvalue weighted by Gasteiger charge is -2.46. The molecule has 2 saturated carbocycles. The smallest absolute Gasteiger partial charge is 0.327 e. The summed E-state index contributed by atoms with van der Waals surface area (Å²) >= 11 is 1.68. The van der Waals surface area contributed by atoms with Gasteiger partial charge in [-0.3, -0.25) is 9.69 Å². The molecule has 2 heterocycles. The Morgan fingerprint density at radius 1 is 1.10 bits per heavy atom. The lowest BCUT2D eigenvalue weighted by Crippen LogP contribution is -2.62. The van der Waals surface area contributed by atoms with Gasteiger partial charge in [-0.05, 0) is 56.2 Å². The Kier molecular flexibility index (Phi) is 4.81. The topological polar surface area (TPSA) is 79.5 Å². The minimum Gasteiger partial charge on any atom is -0.337 e. The molecule has 1 aromatic heterocycles. The number of amides is 3. The average Bonchev–Trinajstić information content (AvgIpc) is 3.48. The molecule has 2 unspecified atom stereocenters. The molecule has 1 saturated heterocycles. The summed E-state index contributed by atoms with van der Waals surface area (Å²) in [6, 6.07) is 7.81. The van der Waals surface area contributed by atoms with Crippen LogP contribution in [0.3, 0.4) is 0 Å². The molecular formula is C21H24N4O3S. The first-order valence-corrected chi connectivity index (χ1v) is 11.5. The fourth-order valence-electron chi connectivity index (χ4n) is 4.50. The largest absolute Gasteiger partial charge is 0.337 e. The number of fused-ring (bicyclic) bond motifs is 1. The first kappa shape index (κ1) is 18.7. The van der Waals surface area contributed by atoms with Crippen LogP contribution in [0.25, 0.3) is 11.4 Å². The van der Waals surface area contributed by atoms with E-state index in [-0.39, 0.29) is 36.5 Å². The van der Waals surface area contributed by atoms with E-state index in [0.29, 0.717) is 11.7 Å². The number of rotatable bonds is 5. The third-order valence-corrected chi connectivity index (χ3v) is 6.91. The van der Waals surface area contributed by atoms with Crippen molar-refractivity contribution in [3.05, 3.63) is 30.2 Å². The van der Waals surface area contributed by atoms with Gasteiger partial charge in [0, 0.05) is 22.5 Å². The number of hydrogen-bond donors (Lipinski definition) is 0. The third-order valence-electron chi connectivity index (χ3n) is 6.17. The summed E-state index contributed by atoms with van der Waals surface area (Å²) in [5.41, 5.74) is 0.882. The summed E-state index contributed by atoms with van der Waals surface area (Å²) in [6.07, 6.45) is 7.66. The summed E-state index contributed by atoms with van der Waals surface area (Å²) in [5.74, 6) is 0.867. The lowest BCUT2D eigenvalue weighted by molar-refractivity contribution is -0.141. The summed E-state index contributed by atoms with van der Waals surface area (Å²) in [6.45, 7) is 0.256. The van der Waals surface area contributed by atoms with Crippen molar-refractivity contribution >= 4 is 23.7 Å². The number of benzene rings is 1. The first-order valence-electron chi connectivity index (χ1n) is 10.3. The second-order valence-electron chi connectivity index (χ2n) is 8.05. The molecule has 1 aliphatic heterocycles. The van der Waals surface area contributed by atoms with Gasteiger partial charge in [0.25, 0.3) is 0 Å². The fraction of sp³-hybridized carbons (Fsp3) is 0.524. The number of aromatic nitrogens is 2. The molecule has 7 nitrogen and oxygen atoms in total. The highest BCUT2D eigenvalue weighted by atomic mass is 32.2. The van der Waals surface area contributed by atoms with Crippen LogP contribution in [-0.4, -0.2) is 50.2 Å². The van der Waals surface area contributed by atoms with Gasteiger partial charge < -0.3 is 9.42 Å². The number of thioether (sulfide) groups is 1. The molecule has 0 N–H and O–H groups in total. The fourth-order valence-corrected chi connectivity index (χ4v) is 4.91. The van der Waals surface area contributed by atoms with Gasteiger partial charge in [0.15, 0.2) is 0 Å². The molecule has 0 radical (unpaired) electrons. The van der Waals surface area contributed by atoms with Crippen LogP contribution in [-0.2, 0) is 11.3 Å². The number of hydrogen-bond acceptors (Lipinski definition) is 6. The van der Waals surface area contributed by atoms with E-state index in [4.69, 9.17) is 4.52 Å². The molecule has 2 aliphatic carbocycles. The summed E-state index contributed by atoms with van der Waals surface area (Å²) < 4.78 is 5.48. The number of nitrogens with zero attached hydrogens (tertiary/aromatic N) is 4. The van der Waals surface area contributed by atoms with Gasteiger partial charge in [-0.2, -0.15) is 4.98 Å². The minimum absolute atomic E-state index is 0.0264. The second kappa shape index (κ2) is 7.48. The van der Waals surface area contributed by atoms with Crippen LogP contribution in [0.5, 0.6) is 0 Å². The maximum Gasteiger partial charge on any atom is 0.327 e. The normalized spacial score (nSPS) is 24.7. The highest BCUT2D eigenvalue weighted by molar-refractivity contribution is 7.98. The van der Waals surface area contributed by atoms with Crippen molar-refractivity contribution in [2.24, 2.45) is 5.92 Å². The maximum atomic E-state index is 13.2. The van der Waals surface area contributed by atoms with Crippen molar-refractivity contribution in [3.8, 4) is 11.4 Å². The SMILES string of the molecule is CSc1ccc(-c2noc(CN3C(=O)N(C4CC4)C(=O)C4CCCCC43)n2)cc1. The molecule has 152 valence electrons. The number of imide groups is 1. The van der Waals surface area contributed by atoms with Crippen molar-refractivity contribution < 1.29 is 14.1 Å². The first-order chi connectivity index (χ1) is 14.2. The van der Waals surface area contributed by atoms with Gasteiger partial charge in [0.2, 0.25) is 17.6 Å². The zero-order valence-corrected chi connectivity index (χ0v) is 17.2. The molecule has 3 fully saturated rings. The van der Waals surface area contributed by atoms with E-state index in [0.717, 1.165) is 44.1 Å². The Bertz CT molecular complexity index is 924. The van der Waals surface area contributed by atoms with Crippen molar-refractivity contribution in [3.63, 3.8) is 0 Å². The zero-order valence-electron chi connectivity index (χ0n) is 16.4. The van der Waals surface area contributed by atoms with Gasteiger partial charge in [-0.15, -0.1) is 11.8 Å². The Morgan fingerprint density at radius 2 is 1.86 bits per heavy atom. The van der Waals surface area contributed by atoms with Crippen LogP contribution in [0.2, 0.25) is 0 Å². The molecule has 2 atom stereocenters. The molecule has 3 amide bonds. The van der Waals surface area contributed by atoms with E-state index < -0.39 is 0 Å². The van der Waals surface area contributed by atoms with E-state index in [1.54, 1.807) is 16.7 Å². The summed E-state index contributed by atoms with van der Waals surface area (Å²) in [7, 11) is 0. The van der Waals surface area contributed by atoms with Crippen LogP contribution in [0, 0.1) is 5.92 Å². The number of urea groups is 1. The van der Waals surface area contributed by atoms with Crippen LogP contribution < -0.4 is 0 Å². The third kappa shape index (κ3) is 3.43. The molecule has 5 rings (SSSR count). The van der Waals surface area contributed by atoms with E-state index >= 15 is 0 Å². The van der Waals surface area contributed by atoms with Gasteiger partial charge >= 0.3 is 6.03 Å². The quantitative estimate of drug-likeness (QED) is 0.692. The molecule has 0 spiro atoms. The van der Waals surface area contributed by atoms with Crippen molar-refractivity contribution in [1.29, 1.82) is 0 Å². The molecule has 29 heavy (non-hydrogen) atoms. The molecule has 8 heteroatoms.